The Balaban J connectivity index is 1.81. The molecule has 1 atom stereocenters. The lowest BCUT2D eigenvalue weighted by molar-refractivity contribution is -0.00535. The minimum Gasteiger partial charge on any atom is -0.379 e. The molecule has 1 aliphatic rings. The minimum atomic E-state index is 0.437. The molecule has 6 heteroatoms. The van der Waals surface area contributed by atoms with Crippen LogP contribution in [0.15, 0.2) is 16.7 Å². The molecule has 0 radical (unpaired) electrons. The number of nitrogens with zero attached hydrogens (tertiary/aromatic N) is 3. The average Bonchev–Trinajstić information content (AvgIpc) is 2.73. The summed E-state index contributed by atoms with van der Waals surface area (Å²) in [5, 5.41) is 0. The largest absolute Gasteiger partial charge is 0.379 e. The zero-order valence-electron chi connectivity index (χ0n) is 10.2. The Hall–Kier alpha value is -0.980. The van der Waals surface area contributed by atoms with E-state index >= 15 is 0 Å². The van der Waals surface area contributed by atoms with Gasteiger partial charge in [-0.25, -0.2) is 9.97 Å². The van der Waals surface area contributed by atoms with Gasteiger partial charge in [0.1, 0.15) is 5.82 Å². The van der Waals surface area contributed by atoms with Gasteiger partial charge in [0, 0.05) is 23.3 Å². The van der Waals surface area contributed by atoms with Crippen LogP contribution in [0.3, 0.4) is 0 Å². The molecule has 1 saturated heterocycles. The van der Waals surface area contributed by atoms with Crippen LogP contribution in [0.4, 0.5) is 0 Å². The zero-order valence-corrected chi connectivity index (χ0v) is 11.8. The number of aromatic amines is 1. The van der Waals surface area contributed by atoms with Gasteiger partial charge in [-0.05, 0) is 28.9 Å². The van der Waals surface area contributed by atoms with Crippen molar-refractivity contribution in [3.05, 3.63) is 22.6 Å². The predicted octanol–water partition coefficient (Wildman–Crippen LogP) is 1.94. The van der Waals surface area contributed by atoms with E-state index in [2.05, 4.69) is 42.7 Å². The van der Waals surface area contributed by atoms with Crippen LogP contribution in [-0.2, 0) is 11.3 Å². The fourth-order valence-corrected chi connectivity index (χ4v) is 2.52. The van der Waals surface area contributed by atoms with Crippen molar-refractivity contribution in [1.82, 2.24) is 19.9 Å². The summed E-state index contributed by atoms with van der Waals surface area (Å²) >= 11 is 3.41. The normalized spacial score (nSPS) is 21.6. The van der Waals surface area contributed by atoms with Crippen LogP contribution in [0.2, 0.25) is 0 Å². The second-order valence-electron chi connectivity index (χ2n) is 4.60. The smallest absolute Gasteiger partial charge is 0.177 e. The number of pyridine rings is 1. The van der Waals surface area contributed by atoms with E-state index in [9.17, 15) is 0 Å². The Labute approximate surface area is 114 Å². The molecule has 0 spiro atoms. The Kier molecular flexibility index (Phi) is 3.32. The van der Waals surface area contributed by atoms with Gasteiger partial charge in [-0.3, -0.25) is 4.90 Å². The number of morpholine rings is 1. The molecular weight excluding hydrogens is 296 g/mol. The average molecular weight is 311 g/mol. The second kappa shape index (κ2) is 4.95. The Bertz CT molecular complexity index is 556. The van der Waals surface area contributed by atoms with E-state index in [1.54, 1.807) is 6.20 Å². The molecule has 96 valence electrons. The number of ether oxygens (including phenoxy) is 1. The molecular formula is C12H15BrN4O. The van der Waals surface area contributed by atoms with Gasteiger partial charge in [0.2, 0.25) is 0 Å². The van der Waals surface area contributed by atoms with Gasteiger partial charge < -0.3 is 9.72 Å². The monoisotopic (exact) mass is 310 g/mol. The maximum Gasteiger partial charge on any atom is 0.177 e. The van der Waals surface area contributed by atoms with Gasteiger partial charge >= 0.3 is 0 Å². The predicted molar refractivity (Wildman–Crippen MR) is 72.3 cm³/mol. The summed E-state index contributed by atoms with van der Waals surface area (Å²) < 4.78 is 6.40. The van der Waals surface area contributed by atoms with Crippen LogP contribution in [0.25, 0.3) is 11.2 Å². The SMILES string of the molecule is CC1COCCN1Cc1nc2ncc(Br)cc2[nH]1. The van der Waals surface area contributed by atoms with E-state index in [1.807, 2.05) is 6.07 Å². The standard InChI is InChI=1S/C12H15BrN4O/c1-8-7-18-3-2-17(8)6-11-15-10-4-9(13)5-14-12(10)16-11/h4-5,8H,2-3,6-7H2,1H3,(H,14,15,16). The van der Waals surface area contributed by atoms with Crippen LogP contribution in [-0.4, -0.2) is 45.7 Å². The molecule has 18 heavy (non-hydrogen) atoms. The summed E-state index contributed by atoms with van der Waals surface area (Å²) in [6.07, 6.45) is 1.77. The highest BCUT2D eigenvalue weighted by Crippen LogP contribution is 2.17. The van der Waals surface area contributed by atoms with Crippen LogP contribution in [0, 0.1) is 0 Å². The molecule has 1 fully saturated rings. The van der Waals surface area contributed by atoms with E-state index < -0.39 is 0 Å². The van der Waals surface area contributed by atoms with Crippen molar-refractivity contribution < 1.29 is 4.74 Å². The molecule has 0 aliphatic carbocycles. The first-order valence-corrected chi connectivity index (χ1v) is 6.83. The molecule has 3 rings (SSSR count). The van der Waals surface area contributed by atoms with Crippen molar-refractivity contribution in [2.24, 2.45) is 0 Å². The van der Waals surface area contributed by atoms with E-state index in [4.69, 9.17) is 4.74 Å². The third-order valence-corrected chi connectivity index (χ3v) is 3.64. The summed E-state index contributed by atoms with van der Waals surface area (Å²) in [6.45, 7) is 5.54. The first-order valence-electron chi connectivity index (χ1n) is 6.04. The quantitative estimate of drug-likeness (QED) is 0.921. The summed E-state index contributed by atoms with van der Waals surface area (Å²) in [4.78, 5) is 14.5. The van der Waals surface area contributed by atoms with Crippen molar-refractivity contribution in [3.8, 4) is 0 Å². The van der Waals surface area contributed by atoms with Crippen LogP contribution < -0.4 is 0 Å². The topological polar surface area (TPSA) is 54.0 Å². The molecule has 0 saturated carbocycles. The highest BCUT2D eigenvalue weighted by atomic mass is 79.9. The van der Waals surface area contributed by atoms with Gasteiger partial charge in [0.15, 0.2) is 5.65 Å². The Morgan fingerprint density at radius 3 is 3.33 bits per heavy atom. The fourth-order valence-electron chi connectivity index (χ4n) is 2.19. The van der Waals surface area contributed by atoms with Gasteiger partial charge in [-0.15, -0.1) is 0 Å². The van der Waals surface area contributed by atoms with E-state index in [-0.39, 0.29) is 0 Å². The van der Waals surface area contributed by atoms with Crippen molar-refractivity contribution in [1.29, 1.82) is 0 Å². The summed E-state index contributed by atoms with van der Waals surface area (Å²) in [7, 11) is 0. The van der Waals surface area contributed by atoms with Crippen molar-refractivity contribution in [2.45, 2.75) is 19.5 Å². The van der Waals surface area contributed by atoms with Gasteiger partial charge in [-0.2, -0.15) is 0 Å². The maximum atomic E-state index is 5.43. The number of nitrogens with one attached hydrogen (secondary N) is 1. The lowest BCUT2D eigenvalue weighted by Gasteiger charge is -2.32. The highest BCUT2D eigenvalue weighted by Gasteiger charge is 2.20. The Morgan fingerprint density at radius 2 is 2.50 bits per heavy atom. The Morgan fingerprint density at radius 1 is 1.61 bits per heavy atom. The number of fused-ring (bicyclic) bond motifs is 1. The van der Waals surface area contributed by atoms with Crippen molar-refractivity contribution in [2.75, 3.05) is 19.8 Å². The van der Waals surface area contributed by atoms with Crippen molar-refractivity contribution in [3.63, 3.8) is 0 Å². The third kappa shape index (κ3) is 2.41. The number of halogens is 1. The molecule has 2 aromatic heterocycles. The number of H-pyrrole nitrogens is 1. The summed E-state index contributed by atoms with van der Waals surface area (Å²) in [6, 6.07) is 2.44. The molecule has 3 heterocycles. The van der Waals surface area contributed by atoms with Crippen molar-refractivity contribution >= 4 is 27.1 Å². The molecule has 0 bridgehead atoms. The van der Waals surface area contributed by atoms with Crippen LogP contribution in [0.1, 0.15) is 12.7 Å². The zero-order chi connectivity index (χ0) is 12.5. The summed E-state index contributed by atoms with van der Waals surface area (Å²) in [5.74, 6) is 0.962. The number of imidazole rings is 1. The first kappa shape index (κ1) is 12.1. The van der Waals surface area contributed by atoms with E-state index in [0.717, 1.165) is 47.8 Å². The number of rotatable bonds is 2. The van der Waals surface area contributed by atoms with Gasteiger partial charge in [0.05, 0.1) is 25.3 Å². The van der Waals surface area contributed by atoms with Gasteiger partial charge in [0.25, 0.3) is 0 Å². The number of hydrogen-bond donors (Lipinski definition) is 1. The van der Waals surface area contributed by atoms with Crippen LogP contribution in [0.5, 0.6) is 0 Å². The maximum absolute atomic E-state index is 5.43. The van der Waals surface area contributed by atoms with Gasteiger partial charge in [-0.1, -0.05) is 0 Å². The summed E-state index contributed by atoms with van der Waals surface area (Å²) in [5.41, 5.74) is 1.74. The lowest BCUT2D eigenvalue weighted by Crippen LogP contribution is -2.43. The second-order valence-corrected chi connectivity index (χ2v) is 5.52. The molecule has 5 nitrogen and oxygen atoms in total. The highest BCUT2D eigenvalue weighted by molar-refractivity contribution is 9.10. The molecule has 0 amide bonds. The van der Waals surface area contributed by atoms with E-state index in [0.29, 0.717) is 6.04 Å². The lowest BCUT2D eigenvalue weighted by atomic mass is 10.2. The molecule has 0 aromatic carbocycles. The first-order chi connectivity index (χ1) is 8.72. The minimum absolute atomic E-state index is 0.437. The molecule has 1 N–H and O–H groups in total. The number of aromatic nitrogens is 3. The van der Waals surface area contributed by atoms with E-state index in [1.165, 1.54) is 0 Å². The fraction of sp³-hybridized carbons (Fsp3) is 0.500. The van der Waals surface area contributed by atoms with Crippen LogP contribution >= 0.6 is 15.9 Å². The molecule has 1 aliphatic heterocycles. The molecule has 2 aromatic rings. The number of hydrogen-bond acceptors (Lipinski definition) is 4. The molecule has 1 unspecified atom stereocenters. The third-order valence-electron chi connectivity index (χ3n) is 3.21.